The number of unbranched alkanes of at least 4 members (excludes halogenated alkanes) is 10. The van der Waals surface area contributed by atoms with E-state index in [-0.39, 0.29) is 40.9 Å². The summed E-state index contributed by atoms with van der Waals surface area (Å²) in [6.45, 7) is 2.24. The van der Waals surface area contributed by atoms with Gasteiger partial charge in [0.1, 0.15) is 0 Å². The Morgan fingerprint density at radius 3 is 1.92 bits per heavy atom. The summed E-state index contributed by atoms with van der Waals surface area (Å²) in [5, 5.41) is 20.7. The van der Waals surface area contributed by atoms with Crippen molar-refractivity contribution in [3.8, 4) is 5.75 Å². The van der Waals surface area contributed by atoms with Crippen LogP contribution in [0.3, 0.4) is 0 Å². The summed E-state index contributed by atoms with van der Waals surface area (Å²) >= 11 is 0. The van der Waals surface area contributed by atoms with Gasteiger partial charge in [0, 0.05) is 0 Å². The number of benzene rings is 1. The van der Waals surface area contributed by atoms with Crippen molar-refractivity contribution in [3.05, 3.63) is 29.3 Å². The maximum Gasteiger partial charge on any atom is 1.00 e. The molecule has 0 unspecified atom stereocenters. The molecule has 0 heterocycles. The van der Waals surface area contributed by atoms with E-state index in [4.69, 9.17) is 5.11 Å². The summed E-state index contributed by atoms with van der Waals surface area (Å²) < 4.78 is 0. The summed E-state index contributed by atoms with van der Waals surface area (Å²) in [7, 11) is 0. The predicted octanol–water partition coefficient (Wildman–Crippen LogP) is 2.32. The third kappa shape index (κ3) is 10.4. The van der Waals surface area contributed by atoms with Gasteiger partial charge in [-0.25, -0.2) is 4.79 Å². The Hall–Kier alpha value is -0.510. The Balaban J connectivity index is 0.00000529. The van der Waals surface area contributed by atoms with Crippen LogP contribution in [0.25, 0.3) is 0 Å². The number of hydrogen-bond acceptors (Lipinski definition) is 2. The molecule has 130 valence electrons. The van der Waals surface area contributed by atoms with Crippen LogP contribution in [0.1, 0.15) is 93.5 Å². The minimum atomic E-state index is -0.967. The second-order valence-corrected chi connectivity index (χ2v) is 6.41. The Bertz CT molecular complexity index is 460. The standard InChI is InChI=1S/C20H32O3.Na/c1-2-3-4-5-6-7-8-9-10-11-12-13-17-16-18(20(22)23)14-15-19(17)21;/h14-16,21H,2-13H2,1H3,(H,22,23);/q;+1/p-1. The van der Waals surface area contributed by atoms with E-state index in [9.17, 15) is 9.90 Å². The SMILES string of the molecule is CCCCCCCCCCCCCc1cc(C(=O)O)ccc1[O-].[Na+]. The van der Waals surface area contributed by atoms with E-state index in [1.807, 2.05) is 0 Å². The number of rotatable bonds is 13. The van der Waals surface area contributed by atoms with Crippen LogP contribution in [0.5, 0.6) is 5.75 Å². The molecule has 0 spiro atoms. The summed E-state index contributed by atoms with van der Waals surface area (Å²) in [4.78, 5) is 10.9. The average molecular weight is 342 g/mol. The molecule has 4 heteroatoms. The Morgan fingerprint density at radius 2 is 1.42 bits per heavy atom. The molecule has 1 aromatic rings. The van der Waals surface area contributed by atoms with E-state index in [2.05, 4.69) is 6.92 Å². The van der Waals surface area contributed by atoms with Gasteiger partial charge in [0.15, 0.2) is 0 Å². The van der Waals surface area contributed by atoms with E-state index in [1.54, 1.807) is 0 Å². The number of aryl methyl sites for hydroxylation is 1. The van der Waals surface area contributed by atoms with E-state index in [0.29, 0.717) is 12.0 Å². The van der Waals surface area contributed by atoms with Gasteiger partial charge in [-0.1, -0.05) is 82.8 Å². The Labute approximate surface area is 169 Å². The number of carbonyl (C=O) groups is 1. The fraction of sp³-hybridized carbons (Fsp3) is 0.650. The zero-order valence-electron chi connectivity index (χ0n) is 15.5. The topological polar surface area (TPSA) is 60.4 Å². The van der Waals surface area contributed by atoms with Crippen LogP contribution in [-0.4, -0.2) is 11.1 Å². The van der Waals surface area contributed by atoms with Gasteiger partial charge in [0.05, 0.1) is 5.56 Å². The van der Waals surface area contributed by atoms with Crippen LogP contribution in [0.4, 0.5) is 0 Å². The van der Waals surface area contributed by atoms with Gasteiger partial charge >= 0.3 is 35.5 Å². The summed E-state index contributed by atoms with van der Waals surface area (Å²) in [6, 6.07) is 4.28. The molecule has 0 aliphatic rings. The first kappa shape index (κ1) is 23.5. The molecule has 24 heavy (non-hydrogen) atoms. The fourth-order valence-corrected chi connectivity index (χ4v) is 2.89. The van der Waals surface area contributed by atoms with E-state index in [1.165, 1.54) is 76.0 Å². The van der Waals surface area contributed by atoms with Gasteiger partial charge < -0.3 is 10.2 Å². The molecule has 0 radical (unpaired) electrons. The van der Waals surface area contributed by atoms with Gasteiger partial charge in [0.25, 0.3) is 0 Å². The fourth-order valence-electron chi connectivity index (χ4n) is 2.89. The summed E-state index contributed by atoms with van der Waals surface area (Å²) in [5.41, 5.74) is 0.850. The quantitative estimate of drug-likeness (QED) is 0.442. The largest absolute Gasteiger partial charge is 1.00 e. The van der Waals surface area contributed by atoms with E-state index >= 15 is 0 Å². The number of aromatic carboxylic acids is 1. The Morgan fingerprint density at radius 1 is 0.917 bits per heavy atom. The first-order valence-electron chi connectivity index (χ1n) is 9.18. The first-order valence-corrected chi connectivity index (χ1v) is 9.18. The van der Waals surface area contributed by atoms with E-state index < -0.39 is 5.97 Å². The van der Waals surface area contributed by atoms with E-state index in [0.717, 1.165) is 12.8 Å². The van der Waals surface area contributed by atoms with Crippen molar-refractivity contribution in [3.63, 3.8) is 0 Å². The van der Waals surface area contributed by atoms with Gasteiger partial charge in [-0.15, -0.1) is 5.75 Å². The minimum Gasteiger partial charge on any atom is -0.872 e. The molecule has 0 aliphatic heterocycles. The third-order valence-electron chi connectivity index (χ3n) is 4.36. The molecular formula is C20H31NaO3. The molecule has 0 saturated carbocycles. The molecule has 0 amide bonds. The van der Waals surface area contributed by atoms with Crippen LogP contribution in [-0.2, 0) is 6.42 Å². The molecule has 3 nitrogen and oxygen atoms in total. The van der Waals surface area contributed by atoms with Crippen molar-refractivity contribution in [2.75, 3.05) is 0 Å². The number of hydrogen-bond donors (Lipinski definition) is 1. The van der Waals surface area contributed by atoms with Crippen molar-refractivity contribution >= 4 is 5.97 Å². The second-order valence-electron chi connectivity index (χ2n) is 6.41. The van der Waals surface area contributed by atoms with Crippen LogP contribution in [0, 0.1) is 0 Å². The molecule has 0 aromatic heterocycles. The molecule has 1 N–H and O–H groups in total. The van der Waals surface area contributed by atoms with Crippen molar-refractivity contribution < 1.29 is 44.6 Å². The summed E-state index contributed by atoms with van der Waals surface area (Å²) in [6.07, 6.45) is 14.7. The number of carboxylic acids is 1. The first-order chi connectivity index (χ1) is 11.1. The monoisotopic (exact) mass is 342 g/mol. The zero-order valence-corrected chi connectivity index (χ0v) is 17.5. The van der Waals surface area contributed by atoms with Crippen molar-refractivity contribution in [1.82, 2.24) is 0 Å². The van der Waals surface area contributed by atoms with Crippen molar-refractivity contribution in [1.29, 1.82) is 0 Å². The maximum absolute atomic E-state index is 11.7. The molecule has 0 aliphatic carbocycles. The summed E-state index contributed by atoms with van der Waals surface area (Å²) in [5.74, 6) is -1.01. The molecule has 0 bridgehead atoms. The molecule has 1 aromatic carbocycles. The molecule has 0 saturated heterocycles. The predicted molar refractivity (Wildman–Crippen MR) is 93.0 cm³/mol. The molecule has 1 rings (SSSR count). The molecule has 0 fully saturated rings. The smallest absolute Gasteiger partial charge is 0.872 e. The van der Waals surface area contributed by atoms with Crippen molar-refractivity contribution in [2.24, 2.45) is 0 Å². The Kier molecular flexibility index (Phi) is 14.5. The molecule has 0 atom stereocenters. The van der Waals surface area contributed by atoms with Gasteiger partial charge in [-0.05, 0) is 25.0 Å². The average Bonchev–Trinajstić information content (AvgIpc) is 2.54. The minimum absolute atomic E-state index is 0. The van der Waals surface area contributed by atoms with Crippen LogP contribution in [0.2, 0.25) is 0 Å². The maximum atomic E-state index is 11.7. The number of carboxylic acid groups (broad SMARTS) is 1. The molecular weight excluding hydrogens is 311 g/mol. The van der Waals surface area contributed by atoms with Crippen molar-refractivity contribution in [2.45, 2.75) is 84.0 Å². The third-order valence-corrected chi connectivity index (χ3v) is 4.36. The normalized spacial score (nSPS) is 10.4. The zero-order chi connectivity index (χ0) is 16.9. The van der Waals surface area contributed by atoms with Gasteiger partial charge in [-0.2, -0.15) is 0 Å². The van der Waals surface area contributed by atoms with Crippen LogP contribution in [0.15, 0.2) is 18.2 Å². The van der Waals surface area contributed by atoms with Gasteiger partial charge in [0.2, 0.25) is 0 Å². The second kappa shape index (κ2) is 14.8. The van der Waals surface area contributed by atoms with Crippen LogP contribution < -0.4 is 34.7 Å². The van der Waals surface area contributed by atoms with Gasteiger partial charge in [-0.3, -0.25) is 0 Å². The van der Waals surface area contributed by atoms with Crippen LogP contribution >= 0.6 is 0 Å².